The number of rotatable bonds is 7. The third-order valence-corrected chi connectivity index (χ3v) is 4.75. The van der Waals surface area contributed by atoms with Gasteiger partial charge in [-0.15, -0.1) is 11.8 Å². The van der Waals surface area contributed by atoms with Crippen LogP contribution in [-0.2, 0) is 11.2 Å². The van der Waals surface area contributed by atoms with Crippen LogP contribution in [0.4, 0.5) is 4.39 Å². The molecule has 23 heavy (non-hydrogen) atoms. The van der Waals surface area contributed by atoms with Gasteiger partial charge in [0.15, 0.2) is 0 Å². The summed E-state index contributed by atoms with van der Waals surface area (Å²) in [4.78, 5) is 11.9. The van der Waals surface area contributed by atoms with Crippen LogP contribution < -0.4 is 5.73 Å². The van der Waals surface area contributed by atoms with Crippen LogP contribution in [0.15, 0.2) is 55.1 Å². The van der Waals surface area contributed by atoms with Gasteiger partial charge in [0.05, 0.1) is 0 Å². The molecule has 2 nitrogen and oxygen atoms in total. The molecule has 2 aromatic carbocycles. The van der Waals surface area contributed by atoms with E-state index in [1.807, 2.05) is 18.2 Å². The Hall–Kier alpha value is -2.07. The summed E-state index contributed by atoms with van der Waals surface area (Å²) in [5.74, 6) is -0.549. The monoisotopic (exact) mass is 329 g/mol. The van der Waals surface area contributed by atoms with Crippen molar-refractivity contribution >= 4 is 22.6 Å². The van der Waals surface area contributed by atoms with Gasteiger partial charge in [-0.3, -0.25) is 4.79 Å². The highest BCUT2D eigenvalue weighted by atomic mass is 32.2. The first-order chi connectivity index (χ1) is 11.0. The lowest BCUT2D eigenvalue weighted by Gasteiger charge is -2.17. The normalized spacial score (nSPS) is 11.9. The summed E-state index contributed by atoms with van der Waals surface area (Å²) < 4.78 is 13.0. The molecule has 4 heteroatoms. The van der Waals surface area contributed by atoms with Crippen LogP contribution in [-0.4, -0.2) is 5.91 Å². The minimum atomic E-state index is -0.296. The van der Waals surface area contributed by atoms with E-state index < -0.39 is 0 Å². The molecule has 0 aliphatic carbocycles. The summed E-state index contributed by atoms with van der Waals surface area (Å²) in [6.45, 7) is 6.19. The highest BCUT2D eigenvalue weighted by Gasteiger charge is 2.13. The van der Waals surface area contributed by atoms with Gasteiger partial charge < -0.3 is 5.73 Å². The van der Waals surface area contributed by atoms with Crippen molar-refractivity contribution in [2.75, 3.05) is 0 Å². The quantitative estimate of drug-likeness (QED) is 0.799. The standard InChI is InChI=1S/C19H20FNOS/c1-13(15-7-10-17(20)11-8-15)23-14(2)18-6-4-3-5-16(18)9-12-19(21)22/h3-8,10-11,14H,1,9,12H2,2H3,(H2,21,22). The fourth-order valence-corrected chi connectivity index (χ4v) is 3.45. The highest BCUT2D eigenvalue weighted by Crippen LogP contribution is 2.39. The molecule has 1 atom stereocenters. The zero-order valence-corrected chi connectivity index (χ0v) is 13.9. The largest absolute Gasteiger partial charge is 0.370 e. The molecular weight excluding hydrogens is 309 g/mol. The fourth-order valence-electron chi connectivity index (χ4n) is 2.40. The highest BCUT2D eigenvalue weighted by molar-refractivity contribution is 8.08. The lowest BCUT2D eigenvalue weighted by molar-refractivity contribution is -0.117. The fraction of sp³-hybridized carbons (Fsp3) is 0.211. The molecule has 0 fully saturated rings. The van der Waals surface area contributed by atoms with Gasteiger partial charge in [0.2, 0.25) is 5.91 Å². The van der Waals surface area contributed by atoms with Crippen molar-refractivity contribution in [2.45, 2.75) is 25.0 Å². The number of benzene rings is 2. The Morgan fingerprint density at radius 3 is 2.52 bits per heavy atom. The Morgan fingerprint density at radius 2 is 1.87 bits per heavy atom. The Morgan fingerprint density at radius 1 is 1.22 bits per heavy atom. The lowest BCUT2D eigenvalue weighted by Crippen LogP contribution is -2.12. The average molecular weight is 329 g/mol. The summed E-state index contributed by atoms with van der Waals surface area (Å²) in [5.41, 5.74) is 8.45. The molecule has 120 valence electrons. The topological polar surface area (TPSA) is 43.1 Å². The molecule has 0 saturated heterocycles. The second-order valence-corrected chi connectivity index (χ2v) is 6.79. The Balaban J connectivity index is 2.10. The van der Waals surface area contributed by atoms with Crippen LogP contribution in [0.1, 0.15) is 35.3 Å². The zero-order valence-electron chi connectivity index (χ0n) is 13.1. The first-order valence-corrected chi connectivity index (χ1v) is 8.33. The van der Waals surface area contributed by atoms with Gasteiger partial charge in [0.1, 0.15) is 5.82 Å². The van der Waals surface area contributed by atoms with E-state index in [4.69, 9.17) is 5.73 Å². The van der Waals surface area contributed by atoms with E-state index in [2.05, 4.69) is 19.6 Å². The summed E-state index contributed by atoms with van der Waals surface area (Å²) in [5, 5.41) is 0.177. The molecule has 0 aliphatic rings. The van der Waals surface area contributed by atoms with E-state index in [1.54, 1.807) is 23.9 Å². The molecule has 0 spiro atoms. The molecule has 0 radical (unpaired) electrons. The summed E-state index contributed by atoms with van der Waals surface area (Å²) >= 11 is 1.63. The van der Waals surface area contributed by atoms with Gasteiger partial charge in [-0.05, 0) is 42.2 Å². The molecule has 0 aromatic heterocycles. The lowest BCUT2D eigenvalue weighted by atomic mass is 10.0. The predicted octanol–water partition coefficient (Wildman–Crippen LogP) is 4.71. The number of hydrogen-bond acceptors (Lipinski definition) is 2. The maximum atomic E-state index is 13.0. The van der Waals surface area contributed by atoms with Gasteiger partial charge in [-0.25, -0.2) is 4.39 Å². The molecule has 2 aromatic rings. The van der Waals surface area contributed by atoms with E-state index >= 15 is 0 Å². The number of amides is 1. The van der Waals surface area contributed by atoms with Crippen LogP contribution >= 0.6 is 11.8 Å². The average Bonchev–Trinajstić information content (AvgIpc) is 2.53. The van der Waals surface area contributed by atoms with Crippen molar-refractivity contribution < 1.29 is 9.18 Å². The first kappa shape index (κ1) is 17.3. The first-order valence-electron chi connectivity index (χ1n) is 7.45. The molecule has 0 bridgehead atoms. The minimum Gasteiger partial charge on any atom is -0.370 e. The van der Waals surface area contributed by atoms with E-state index in [0.29, 0.717) is 12.8 Å². The number of thioether (sulfide) groups is 1. The van der Waals surface area contributed by atoms with Gasteiger partial charge in [0.25, 0.3) is 0 Å². The number of halogens is 1. The Labute approximate surface area is 140 Å². The summed E-state index contributed by atoms with van der Waals surface area (Å²) in [6.07, 6.45) is 0.979. The number of carbonyl (C=O) groups is 1. The van der Waals surface area contributed by atoms with Crippen LogP contribution in [0.2, 0.25) is 0 Å². The van der Waals surface area contributed by atoms with E-state index in [9.17, 15) is 9.18 Å². The molecule has 0 aliphatic heterocycles. The SMILES string of the molecule is C=C(SC(C)c1ccccc1CCC(N)=O)c1ccc(F)cc1. The second kappa shape index (κ2) is 7.97. The van der Waals surface area contributed by atoms with Crippen molar-refractivity contribution in [1.82, 2.24) is 0 Å². The second-order valence-electron chi connectivity index (χ2n) is 5.36. The van der Waals surface area contributed by atoms with Crippen LogP contribution in [0.5, 0.6) is 0 Å². The van der Waals surface area contributed by atoms with Gasteiger partial charge >= 0.3 is 0 Å². The molecule has 0 heterocycles. The number of hydrogen-bond donors (Lipinski definition) is 1. The molecular formula is C19H20FNOS. The van der Waals surface area contributed by atoms with Crippen molar-refractivity contribution in [3.63, 3.8) is 0 Å². The van der Waals surface area contributed by atoms with Gasteiger partial charge in [-0.2, -0.15) is 0 Å². The Bertz CT molecular complexity index is 697. The molecule has 0 saturated carbocycles. The maximum Gasteiger partial charge on any atom is 0.217 e. The van der Waals surface area contributed by atoms with Crippen LogP contribution in [0.3, 0.4) is 0 Å². The van der Waals surface area contributed by atoms with Crippen LogP contribution in [0, 0.1) is 5.82 Å². The third kappa shape index (κ3) is 4.96. The zero-order chi connectivity index (χ0) is 16.8. The van der Waals surface area contributed by atoms with Crippen LogP contribution in [0.25, 0.3) is 4.91 Å². The van der Waals surface area contributed by atoms with E-state index in [0.717, 1.165) is 16.0 Å². The van der Waals surface area contributed by atoms with Crippen molar-refractivity contribution in [1.29, 1.82) is 0 Å². The van der Waals surface area contributed by atoms with Crippen molar-refractivity contribution in [3.05, 3.63) is 77.6 Å². The number of carbonyl (C=O) groups excluding carboxylic acids is 1. The van der Waals surface area contributed by atoms with Gasteiger partial charge in [0, 0.05) is 16.6 Å². The number of nitrogens with two attached hydrogens (primary N) is 1. The third-order valence-electron chi connectivity index (χ3n) is 3.62. The Kier molecular flexibility index (Phi) is 5.99. The van der Waals surface area contributed by atoms with Gasteiger partial charge in [-0.1, -0.05) is 43.0 Å². The minimum absolute atomic E-state index is 0.177. The van der Waals surface area contributed by atoms with Crippen molar-refractivity contribution in [3.8, 4) is 0 Å². The van der Waals surface area contributed by atoms with Crippen molar-refractivity contribution in [2.24, 2.45) is 5.73 Å². The molecule has 2 rings (SSSR count). The van der Waals surface area contributed by atoms with E-state index in [-0.39, 0.29) is 17.0 Å². The molecule has 2 N–H and O–H groups in total. The van der Waals surface area contributed by atoms with E-state index in [1.165, 1.54) is 17.7 Å². The summed E-state index contributed by atoms with van der Waals surface area (Å²) in [6, 6.07) is 14.4. The molecule has 1 amide bonds. The predicted molar refractivity (Wildman–Crippen MR) is 95.4 cm³/mol. The smallest absolute Gasteiger partial charge is 0.217 e. The summed E-state index contributed by atoms with van der Waals surface area (Å²) in [7, 11) is 0. The number of primary amides is 1. The molecule has 1 unspecified atom stereocenters. The number of aryl methyl sites for hydroxylation is 1. The maximum absolute atomic E-state index is 13.0.